The van der Waals surface area contributed by atoms with Crippen molar-refractivity contribution < 1.29 is 0 Å². The van der Waals surface area contributed by atoms with Crippen molar-refractivity contribution in [2.45, 2.75) is 6.92 Å². The number of fused-ring (bicyclic) bond motifs is 6. The number of aliphatic imine (C=N–C) groups is 2. The Morgan fingerprint density at radius 3 is 1.90 bits per heavy atom. The van der Waals surface area contributed by atoms with Gasteiger partial charge in [-0.05, 0) is 70.6 Å². The van der Waals surface area contributed by atoms with Crippen LogP contribution < -0.4 is 10.9 Å². The Balaban J connectivity index is 1.06. The minimum Gasteiger partial charge on any atom is -0.309 e. The van der Waals surface area contributed by atoms with Gasteiger partial charge in [-0.15, -0.1) is 0 Å². The molecule has 0 atom stereocenters. The lowest BCUT2D eigenvalue weighted by molar-refractivity contribution is 1.18. The molecule has 9 rings (SSSR count). The Kier molecular flexibility index (Phi) is 7.63. The molecule has 51 heavy (non-hydrogen) atoms. The standard InChI is InChI=1S/C47H33BN3/c1-31(33-14-6-3-7-15-33)49-47(35-18-10-5-11-19-35)50-32(2)36-22-25-39-40-26-24-38(30-44(40)48-43(39)29-36)51-45-21-13-12-20-41(45)42-28-37(23-27-46(42)51)34-16-8-4-9-17-34/h3-30H,1H2,2H3. The van der Waals surface area contributed by atoms with Crippen LogP contribution in [0.5, 0.6) is 0 Å². The fraction of sp³-hybridized carbons (Fsp3) is 0.0213. The molecular formula is C47H33BN3. The number of para-hydroxylation sites is 1. The van der Waals surface area contributed by atoms with Gasteiger partial charge in [0, 0.05) is 27.7 Å². The maximum atomic E-state index is 5.08. The largest absolute Gasteiger partial charge is 0.309 e. The number of nitrogens with zero attached hydrogens (tertiary/aromatic N) is 3. The van der Waals surface area contributed by atoms with Gasteiger partial charge in [0.05, 0.1) is 16.7 Å². The lowest BCUT2D eigenvalue weighted by Gasteiger charge is -2.11. The van der Waals surface area contributed by atoms with Crippen LogP contribution >= 0.6 is 0 Å². The molecule has 0 saturated carbocycles. The highest BCUT2D eigenvalue weighted by Crippen LogP contribution is 2.35. The van der Waals surface area contributed by atoms with Gasteiger partial charge in [0.2, 0.25) is 0 Å². The van der Waals surface area contributed by atoms with E-state index in [0.29, 0.717) is 11.5 Å². The Labute approximate surface area is 298 Å². The third-order valence-electron chi connectivity index (χ3n) is 9.80. The van der Waals surface area contributed by atoms with Crippen LogP contribution in [0.15, 0.2) is 186 Å². The highest BCUT2D eigenvalue weighted by Gasteiger charge is 2.22. The van der Waals surface area contributed by atoms with Crippen LogP contribution in [0, 0.1) is 0 Å². The van der Waals surface area contributed by atoms with Crippen molar-refractivity contribution in [2.24, 2.45) is 9.98 Å². The topological polar surface area (TPSA) is 29.6 Å². The minimum absolute atomic E-state index is 0.640. The van der Waals surface area contributed by atoms with Crippen LogP contribution in [0.25, 0.3) is 55.4 Å². The number of hydrogen-bond acceptors (Lipinski definition) is 1. The van der Waals surface area contributed by atoms with E-state index in [9.17, 15) is 0 Å². The van der Waals surface area contributed by atoms with Crippen LogP contribution in [0.2, 0.25) is 0 Å². The highest BCUT2D eigenvalue weighted by atomic mass is 15.0. The first-order chi connectivity index (χ1) is 25.1. The second-order valence-electron chi connectivity index (χ2n) is 13.0. The number of aromatic nitrogens is 1. The zero-order chi connectivity index (χ0) is 34.3. The van der Waals surface area contributed by atoms with Crippen LogP contribution in [0.3, 0.4) is 0 Å². The number of amidine groups is 1. The van der Waals surface area contributed by atoms with Gasteiger partial charge in [-0.2, -0.15) is 0 Å². The second-order valence-corrected chi connectivity index (χ2v) is 13.0. The molecule has 0 saturated heterocycles. The number of hydrogen-bond donors (Lipinski definition) is 0. The second kappa shape index (κ2) is 12.7. The van der Waals surface area contributed by atoms with Crippen molar-refractivity contribution in [3.05, 3.63) is 193 Å². The quantitative estimate of drug-likeness (QED) is 0.0975. The van der Waals surface area contributed by atoms with Crippen LogP contribution in [-0.2, 0) is 0 Å². The lowest BCUT2D eigenvalue weighted by Crippen LogP contribution is -2.22. The normalized spacial score (nSPS) is 12.5. The van der Waals surface area contributed by atoms with E-state index in [-0.39, 0.29) is 0 Å². The molecule has 3 nitrogen and oxygen atoms in total. The summed E-state index contributed by atoms with van der Waals surface area (Å²) >= 11 is 0. The summed E-state index contributed by atoms with van der Waals surface area (Å²) in [4.78, 5) is 9.99. The average Bonchev–Trinajstić information content (AvgIpc) is 3.73. The van der Waals surface area contributed by atoms with Gasteiger partial charge >= 0.3 is 0 Å². The van der Waals surface area contributed by atoms with Crippen LogP contribution in [0.4, 0.5) is 0 Å². The average molecular weight is 651 g/mol. The molecule has 7 aromatic carbocycles. The third-order valence-corrected chi connectivity index (χ3v) is 9.80. The summed E-state index contributed by atoms with van der Waals surface area (Å²) in [7, 11) is 2.30. The van der Waals surface area contributed by atoms with Crippen molar-refractivity contribution in [1.29, 1.82) is 0 Å². The molecule has 0 aliphatic carbocycles. The van der Waals surface area contributed by atoms with E-state index in [1.165, 1.54) is 55.0 Å². The van der Waals surface area contributed by atoms with E-state index in [2.05, 4.69) is 135 Å². The molecule has 4 heteroatoms. The zero-order valence-corrected chi connectivity index (χ0v) is 28.3. The molecule has 8 aromatic rings. The molecule has 0 N–H and O–H groups in total. The maximum Gasteiger partial charge on any atom is 0.193 e. The number of benzene rings is 7. The summed E-state index contributed by atoms with van der Waals surface area (Å²) in [5, 5.41) is 2.51. The fourth-order valence-corrected chi connectivity index (χ4v) is 7.22. The predicted molar refractivity (Wildman–Crippen MR) is 217 cm³/mol. The molecule has 0 spiro atoms. The summed E-state index contributed by atoms with van der Waals surface area (Å²) in [6.07, 6.45) is 0. The molecule has 1 aliphatic heterocycles. The Bertz CT molecular complexity index is 2670. The Morgan fingerprint density at radius 2 is 1.14 bits per heavy atom. The van der Waals surface area contributed by atoms with Crippen molar-refractivity contribution in [1.82, 2.24) is 4.57 Å². The first kappa shape index (κ1) is 30.5. The van der Waals surface area contributed by atoms with Crippen molar-refractivity contribution >= 4 is 57.3 Å². The first-order valence-corrected chi connectivity index (χ1v) is 17.3. The summed E-state index contributed by atoms with van der Waals surface area (Å²) in [5.74, 6) is 0.640. The minimum atomic E-state index is 0.640. The molecule has 0 bridgehead atoms. The van der Waals surface area contributed by atoms with E-state index < -0.39 is 0 Å². The number of rotatable bonds is 6. The van der Waals surface area contributed by atoms with Gasteiger partial charge in [0.1, 0.15) is 0 Å². The van der Waals surface area contributed by atoms with E-state index in [4.69, 9.17) is 9.98 Å². The van der Waals surface area contributed by atoms with Gasteiger partial charge in [-0.1, -0.05) is 157 Å². The van der Waals surface area contributed by atoms with Gasteiger partial charge < -0.3 is 4.57 Å². The molecule has 1 aliphatic rings. The van der Waals surface area contributed by atoms with E-state index >= 15 is 0 Å². The smallest absolute Gasteiger partial charge is 0.193 e. The van der Waals surface area contributed by atoms with Gasteiger partial charge in [-0.3, -0.25) is 0 Å². The Hall–Kier alpha value is -6.52. The van der Waals surface area contributed by atoms with E-state index in [1.54, 1.807) is 0 Å². The predicted octanol–water partition coefficient (Wildman–Crippen LogP) is 10.0. The fourth-order valence-electron chi connectivity index (χ4n) is 7.22. The molecular weight excluding hydrogens is 617 g/mol. The molecule has 1 radical (unpaired) electrons. The summed E-state index contributed by atoms with van der Waals surface area (Å²) in [5.41, 5.74) is 15.4. The van der Waals surface area contributed by atoms with E-state index in [0.717, 1.165) is 28.1 Å². The zero-order valence-electron chi connectivity index (χ0n) is 28.3. The third kappa shape index (κ3) is 5.61. The monoisotopic (exact) mass is 650 g/mol. The highest BCUT2D eigenvalue weighted by molar-refractivity contribution is 6.73. The molecule has 0 fully saturated rings. The van der Waals surface area contributed by atoms with Gasteiger partial charge in [-0.25, -0.2) is 9.98 Å². The van der Waals surface area contributed by atoms with Gasteiger partial charge in [0.15, 0.2) is 13.1 Å². The van der Waals surface area contributed by atoms with Gasteiger partial charge in [0.25, 0.3) is 0 Å². The van der Waals surface area contributed by atoms with Crippen LogP contribution in [-0.4, -0.2) is 23.4 Å². The van der Waals surface area contributed by atoms with E-state index in [1.807, 2.05) is 60.7 Å². The SMILES string of the molecule is C=C(N=C(N=C(C)c1ccc2c(c1)[B]c1cc(-n3c4ccccc4c4cc(-c5ccccc5)ccc43)ccc1-2)c1ccccc1)c1ccccc1. The maximum absolute atomic E-state index is 5.08. The van der Waals surface area contributed by atoms with Crippen molar-refractivity contribution in [3.8, 4) is 27.9 Å². The summed E-state index contributed by atoms with van der Waals surface area (Å²) in [6.45, 7) is 6.30. The van der Waals surface area contributed by atoms with Crippen LogP contribution in [0.1, 0.15) is 23.6 Å². The first-order valence-electron chi connectivity index (χ1n) is 17.3. The lowest BCUT2D eigenvalue weighted by atomic mass is 9.67. The molecule has 239 valence electrons. The molecule has 1 aromatic heterocycles. The summed E-state index contributed by atoms with van der Waals surface area (Å²) < 4.78 is 2.40. The molecule has 0 amide bonds. The van der Waals surface area contributed by atoms with Crippen molar-refractivity contribution in [2.75, 3.05) is 0 Å². The molecule has 2 heterocycles. The Morgan fingerprint density at radius 1 is 0.510 bits per heavy atom. The van der Waals surface area contributed by atoms with Crippen molar-refractivity contribution in [3.63, 3.8) is 0 Å². The molecule has 0 unspecified atom stereocenters. The summed E-state index contributed by atoms with van der Waals surface area (Å²) in [6, 6.07) is 59.8.